The lowest BCUT2D eigenvalue weighted by Crippen LogP contribution is -2.15. The Morgan fingerprint density at radius 1 is 1.24 bits per heavy atom. The standard InChI is InChI=1S/C13H15BN2O/c1-10(13-4-2-3-6-16-13)8-12-9-11(14-17)5-7-15-12/h2-7,9-10,14,17H,8H2,1H3. The summed E-state index contributed by atoms with van der Waals surface area (Å²) in [6.07, 6.45) is 4.39. The molecule has 0 saturated heterocycles. The lowest BCUT2D eigenvalue weighted by atomic mass is 9.88. The van der Waals surface area contributed by atoms with Crippen LogP contribution in [0.5, 0.6) is 0 Å². The predicted octanol–water partition coefficient (Wildman–Crippen LogP) is 0.792. The highest BCUT2D eigenvalue weighted by Crippen LogP contribution is 2.16. The Bertz CT molecular complexity index is 476. The molecule has 4 heteroatoms. The van der Waals surface area contributed by atoms with Crippen molar-refractivity contribution in [3.8, 4) is 0 Å². The van der Waals surface area contributed by atoms with Gasteiger partial charge in [-0.05, 0) is 36.1 Å². The molecule has 3 nitrogen and oxygen atoms in total. The summed E-state index contributed by atoms with van der Waals surface area (Å²) in [5.74, 6) is 0.331. The van der Waals surface area contributed by atoms with Crippen LogP contribution in [0.3, 0.4) is 0 Å². The third-order valence-electron chi connectivity index (χ3n) is 2.77. The molecule has 86 valence electrons. The van der Waals surface area contributed by atoms with Crippen molar-refractivity contribution in [2.45, 2.75) is 19.3 Å². The molecular formula is C13H15BN2O. The van der Waals surface area contributed by atoms with E-state index in [1.807, 2.05) is 36.5 Å². The van der Waals surface area contributed by atoms with E-state index >= 15 is 0 Å². The fourth-order valence-electron chi connectivity index (χ4n) is 1.82. The van der Waals surface area contributed by atoms with Gasteiger partial charge in [-0.15, -0.1) is 0 Å². The van der Waals surface area contributed by atoms with Gasteiger partial charge in [0.25, 0.3) is 0 Å². The highest BCUT2D eigenvalue weighted by molar-refractivity contribution is 6.45. The summed E-state index contributed by atoms with van der Waals surface area (Å²) < 4.78 is 0. The molecule has 0 saturated carbocycles. The third kappa shape index (κ3) is 3.14. The van der Waals surface area contributed by atoms with Crippen molar-refractivity contribution in [1.29, 1.82) is 0 Å². The van der Waals surface area contributed by atoms with Crippen molar-refractivity contribution in [2.75, 3.05) is 0 Å². The van der Waals surface area contributed by atoms with Crippen molar-refractivity contribution < 1.29 is 5.02 Å². The quantitative estimate of drug-likeness (QED) is 0.784. The van der Waals surface area contributed by atoms with Gasteiger partial charge in [0.1, 0.15) is 0 Å². The topological polar surface area (TPSA) is 46.0 Å². The lowest BCUT2D eigenvalue weighted by molar-refractivity contribution is 0.615. The first kappa shape index (κ1) is 11.8. The largest absolute Gasteiger partial charge is 0.449 e. The van der Waals surface area contributed by atoms with E-state index in [-0.39, 0.29) is 7.48 Å². The summed E-state index contributed by atoms with van der Waals surface area (Å²) >= 11 is 0. The van der Waals surface area contributed by atoms with Gasteiger partial charge in [0.2, 0.25) is 0 Å². The first-order chi connectivity index (χ1) is 8.29. The first-order valence-electron chi connectivity index (χ1n) is 5.75. The number of hydrogen-bond donors (Lipinski definition) is 1. The maximum atomic E-state index is 9.07. The van der Waals surface area contributed by atoms with Crippen LogP contribution in [0.1, 0.15) is 24.2 Å². The van der Waals surface area contributed by atoms with E-state index in [0.717, 1.165) is 23.3 Å². The van der Waals surface area contributed by atoms with E-state index in [4.69, 9.17) is 5.02 Å². The van der Waals surface area contributed by atoms with Crippen molar-refractivity contribution in [1.82, 2.24) is 9.97 Å². The second kappa shape index (κ2) is 5.59. The van der Waals surface area contributed by atoms with Gasteiger partial charge in [-0.3, -0.25) is 9.97 Å². The molecule has 1 unspecified atom stereocenters. The van der Waals surface area contributed by atoms with Crippen LogP contribution < -0.4 is 5.46 Å². The number of nitrogens with zero attached hydrogens (tertiary/aromatic N) is 2. The Balaban J connectivity index is 2.10. The van der Waals surface area contributed by atoms with Gasteiger partial charge in [-0.2, -0.15) is 0 Å². The number of hydrogen-bond acceptors (Lipinski definition) is 3. The minimum Gasteiger partial charge on any atom is -0.449 e. The van der Waals surface area contributed by atoms with Gasteiger partial charge >= 0.3 is 7.48 Å². The summed E-state index contributed by atoms with van der Waals surface area (Å²) in [6, 6.07) is 9.71. The Morgan fingerprint density at radius 3 is 2.82 bits per heavy atom. The van der Waals surface area contributed by atoms with Gasteiger partial charge in [-0.25, -0.2) is 0 Å². The normalized spacial score (nSPS) is 12.1. The maximum Gasteiger partial charge on any atom is 0.304 e. The molecule has 1 atom stereocenters. The van der Waals surface area contributed by atoms with Gasteiger partial charge in [0.15, 0.2) is 0 Å². The molecule has 17 heavy (non-hydrogen) atoms. The minimum atomic E-state index is 0.0630. The smallest absolute Gasteiger partial charge is 0.304 e. The van der Waals surface area contributed by atoms with E-state index in [1.165, 1.54) is 0 Å². The molecule has 0 bridgehead atoms. The number of pyridine rings is 2. The summed E-state index contributed by atoms with van der Waals surface area (Å²) in [6.45, 7) is 2.13. The van der Waals surface area contributed by atoms with E-state index < -0.39 is 0 Å². The van der Waals surface area contributed by atoms with Crippen LogP contribution in [0.2, 0.25) is 0 Å². The summed E-state index contributed by atoms with van der Waals surface area (Å²) in [5.41, 5.74) is 2.97. The Morgan fingerprint density at radius 2 is 2.12 bits per heavy atom. The Labute approximate surface area is 102 Å². The lowest BCUT2D eigenvalue weighted by Gasteiger charge is -2.10. The third-order valence-corrected chi connectivity index (χ3v) is 2.77. The van der Waals surface area contributed by atoms with Gasteiger partial charge in [0, 0.05) is 29.7 Å². The summed E-state index contributed by atoms with van der Waals surface area (Å²) in [4.78, 5) is 8.65. The second-order valence-corrected chi connectivity index (χ2v) is 4.17. The molecule has 0 amide bonds. The summed E-state index contributed by atoms with van der Waals surface area (Å²) in [5, 5.41) is 9.07. The van der Waals surface area contributed by atoms with Gasteiger partial charge in [0.05, 0.1) is 0 Å². The van der Waals surface area contributed by atoms with Crippen LogP contribution in [0.25, 0.3) is 0 Å². The van der Waals surface area contributed by atoms with Crippen molar-refractivity contribution >= 4 is 12.9 Å². The highest BCUT2D eigenvalue weighted by Gasteiger charge is 2.08. The van der Waals surface area contributed by atoms with E-state index in [0.29, 0.717) is 5.92 Å². The molecule has 0 aliphatic rings. The van der Waals surface area contributed by atoms with E-state index in [2.05, 4.69) is 16.9 Å². The molecule has 1 N–H and O–H groups in total. The van der Waals surface area contributed by atoms with Crippen LogP contribution >= 0.6 is 0 Å². The SMILES string of the molecule is CC(Cc1cc(BO)ccn1)c1ccccn1. The van der Waals surface area contributed by atoms with Crippen LogP contribution in [0, 0.1) is 0 Å². The van der Waals surface area contributed by atoms with Crippen molar-refractivity contribution in [3.63, 3.8) is 0 Å². The molecule has 2 aromatic heterocycles. The molecule has 0 aliphatic carbocycles. The van der Waals surface area contributed by atoms with Gasteiger partial charge in [-0.1, -0.05) is 13.0 Å². The molecule has 0 aliphatic heterocycles. The molecule has 0 aromatic carbocycles. The van der Waals surface area contributed by atoms with Crippen LogP contribution in [0.4, 0.5) is 0 Å². The average molecular weight is 226 g/mol. The first-order valence-corrected chi connectivity index (χ1v) is 5.75. The van der Waals surface area contributed by atoms with Crippen LogP contribution in [-0.4, -0.2) is 22.5 Å². The molecule has 0 spiro atoms. The minimum absolute atomic E-state index is 0.0630. The predicted molar refractivity (Wildman–Crippen MR) is 69.6 cm³/mol. The Kier molecular flexibility index (Phi) is 3.88. The van der Waals surface area contributed by atoms with Crippen LogP contribution in [0.15, 0.2) is 42.7 Å². The zero-order valence-corrected chi connectivity index (χ0v) is 9.87. The molecule has 2 aromatic rings. The number of aromatic nitrogens is 2. The monoisotopic (exact) mass is 226 g/mol. The molecule has 2 rings (SSSR count). The fourth-order valence-corrected chi connectivity index (χ4v) is 1.82. The van der Waals surface area contributed by atoms with Crippen molar-refractivity contribution in [3.05, 3.63) is 54.1 Å². The highest BCUT2D eigenvalue weighted by atomic mass is 16.2. The number of rotatable bonds is 4. The molecule has 0 fully saturated rings. The van der Waals surface area contributed by atoms with Crippen molar-refractivity contribution in [2.24, 2.45) is 0 Å². The van der Waals surface area contributed by atoms with E-state index in [9.17, 15) is 0 Å². The van der Waals surface area contributed by atoms with E-state index in [1.54, 1.807) is 6.20 Å². The second-order valence-electron chi connectivity index (χ2n) is 4.17. The molecule has 0 radical (unpaired) electrons. The zero-order valence-electron chi connectivity index (χ0n) is 9.87. The van der Waals surface area contributed by atoms with Crippen LogP contribution in [-0.2, 0) is 6.42 Å². The molecular weight excluding hydrogens is 211 g/mol. The average Bonchev–Trinajstić information content (AvgIpc) is 2.40. The summed E-state index contributed by atoms with van der Waals surface area (Å²) in [7, 11) is 0.0630. The maximum absolute atomic E-state index is 9.07. The Hall–Kier alpha value is -1.68. The van der Waals surface area contributed by atoms with Gasteiger partial charge < -0.3 is 5.02 Å². The fraction of sp³-hybridized carbons (Fsp3) is 0.231. The zero-order chi connectivity index (χ0) is 12.1. The molecule has 2 heterocycles.